The van der Waals surface area contributed by atoms with Gasteiger partial charge in [-0.25, -0.2) is 0 Å². The molecule has 0 amide bonds. The first-order valence-corrected chi connectivity index (χ1v) is 4.88. The molecule has 0 saturated heterocycles. The predicted molar refractivity (Wildman–Crippen MR) is 53.4 cm³/mol. The lowest BCUT2D eigenvalue weighted by atomic mass is 9.62. The van der Waals surface area contributed by atoms with Gasteiger partial charge in [0.1, 0.15) is 5.78 Å². The van der Waals surface area contributed by atoms with Gasteiger partial charge in [0.2, 0.25) is 0 Å². The summed E-state index contributed by atoms with van der Waals surface area (Å²) in [6, 6.07) is 0. The monoisotopic (exact) mass is 176 g/mol. The number of fused-ring (bicyclic) bond motifs is 1. The maximum absolute atomic E-state index is 11.3. The summed E-state index contributed by atoms with van der Waals surface area (Å²) >= 11 is 0. The lowest BCUT2D eigenvalue weighted by molar-refractivity contribution is -0.136. The quantitative estimate of drug-likeness (QED) is 0.591. The Kier molecular flexibility index (Phi) is 1.73. The normalized spacial score (nSPS) is 36.6. The molecule has 1 fully saturated rings. The van der Waals surface area contributed by atoms with Crippen LogP contribution < -0.4 is 0 Å². The summed E-state index contributed by atoms with van der Waals surface area (Å²) in [7, 11) is 0. The highest BCUT2D eigenvalue weighted by molar-refractivity contribution is 5.91. The van der Waals surface area contributed by atoms with E-state index in [-0.39, 0.29) is 11.3 Å². The first-order chi connectivity index (χ1) is 6.01. The second kappa shape index (κ2) is 2.57. The Morgan fingerprint density at radius 3 is 2.85 bits per heavy atom. The average Bonchev–Trinajstić information content (AvgIpc) is 2.21. The molecular formula is C12H16O. The Balaban J connectivity index is 2.11. The minimum absolute atomic E-state index is 0.238. The number of ketones is 1. The van der Waals surface area contributed by atoms with Crippen LogP contribution in [0.4, 0.5) is 0 Å². The van der Waals surface area contributed by atoms with Crippen molar-refractivity contribution in [3.05, 3.63) is 23.8 Å². The summed E-state index contributed by atoms with van der Waals surface area (Å²) in [4.78, 5) is 11.3. The molecular weight excluding hydrogens is 160 g/mol. The summed E-state index contributed by atoms with van der Waals surface area (Å²) in [6.45, 7) is 8.18. The van der Waals surface area contributed by atoms with Gasteiger partial charge in [0.15, 0.2) is 0 Å². The molecule has 0 N–H and O–H groups in total. The SMILES string of the molecule is C=C(C)CC1=C[C@@H]2C(=O)C[C@]2(C)C1. The lowest BCUT2D eigenvalue weighted by Crippen LogP contribution is -2.42. The van der Waals surface area contributed by atoms with Crippen LogP contribution in [0.1, 0.15) is 33.1 Å². The van der Waals surface area contributed by atoms with Crippen LogP contribution in [0, 0.1) is 11.3 Å². The van der Waals surface area contributed by atoms with E-state index in [0.29, 0.717) is 5.78 Å². The number of hydrogen-bond acceptors (Lipinski definition) is 1. The van der Waals surface area contributed by atoms with E-state index in [9.17, 15) is 4.79 Å². The average molecular weight is 176 g/mol. The van der Waals surface area contributed by atoms with Gasteiger partial charge >= 0.3 is 0 Å². The second-order valence-electron chi connectivity index (χ2n) is 4.91. The van der Waals surface area contributed by atoms with Gasteiger partial charge in [-0.15, -0.1) is 0 Å². The molecule has 2 atom stereocenters. The van der Waals surface area contributed by atoms with Crippen molar-refractivity contribution in [2.24, 2.45) is 11.3 Å². The van der Waals surface area contributed by atoms with Crippen LogP contribution >= 0.6 is 0 Å². The zero-order valence-electron chi connectivity index (χ0n) is 8.39. The topological polar surface area (TPSA) is 17.1 Å². The molecule has 0 aromatic carbocycles. The van der Waals surface area contributed by atoms with Gasteiger partial charge in [0.05, 0.1) is 0 Å². The fourth-order valence-corrected chi connectivity index (χ4v) is 2.66. The van der Waals surface area contributed by atoms with Crippen LogP contribution in [0.5, 0.6) is 0 Å². The van der Waals surface area contributed by atoms with E-state index in [2.05, 4.69) is 19.6 Å². The van der Waals surface area contributed by atoms with Crippen LogP contribution in [-0.4, -0.2) is 5.78 Å². The summed E-state index contributed by atoms with van der Waals surface area (Å²) in [6.07, 6.45) is 5.06. The molecule has 0 unspecified atom stereocenters. The van der Waals surface area contributed by atoms with Gasteiger partial charge < -0.3 is 0 Å². The summed E-state index contributed by atoms with van der Waals surface area (Å²) in [5.41, 5.74) is 2.90. The molecule has 1 saturated carbocycles. The Labute approximate surface area is 79.5 Å². The van der Waals surface area contributed by atoms with E-state index in [1.54, 1.807) is 0 Å². The summed E-state index contributed by atoms with van der Waals surface area (Å²) < 4.78 is 0. The maximum Gasteiger partial charge on any atom is 0.140 e. The van der Waals surface area contributed by atoms with Gasteiger partial charge in [-0.3, -0.25) is 4.79 Å². The minimum Gasteiger partial charge on any atom is -0.299 e. The molecule has 0 radical (unpaired) electrons. The maximum atomic E-state index is 11.3. The minimum atomic E-state index is 0.238. The highest BCUT2D eigenvalue weighted by Crippen LogP contribution is 2.54. The van der Waals surface area contributed by atoms with Gasteiger partial charge in [0, 0.05) is 12.3 Å². The third-order valence-electron chi connectivity index (χ3n) is 3.24. The Bertz CT molecular complexity index is 311. The molecule has 0 bridgehead atoms. The van der Waals surface area contributed by atoms with Crippen LogP contribution in [-0.2, 0) is 4.79 Å². The molecule has 0 aromatic heterocycles. The van der Waals surface area contributed by atoms with Crippen molar-refractivity contribution in [3.63, 3.8) is 0 Å². The van der Waals surface area contributed by atoms with Crippen molar-refractivity contribution in [1.82, 2.24) is 0 Å². The number of hydrogen-bond donors (Lipinski definition) is 0. The number of Topliss-reactive ketones (excluding diaryl/α,β-unsaturated/α-hetero) is 1. The van der Waals surface area contributed by atoms with E-state index in [1.165, 1.54) is 11.1 Å². The first kappa shape index (κ1) is 8.74. The van der Waals surface area contributed by atoms with Crippen LogP contribution in [0.2, 0.25) is 0 Å². The Morgan fingerprint density at radius 2 is 2.38 bits per heavy atom. The van der Waals surface area contributed by atoms with E-state index in [0.717, 1.165) is 19.3 Å². The molecule has 0 heterocycles. The zero-order chi connectivity index (χ0) is 9.64. The van der Waals surface area contributed by atoms with Crippen LogP contribution in [0.15, 0.2) is 23.8 Å². The molecule has 1 nitrogen and oxygen atoms in total. The van der Waals surface area contributed by atoms with E-state index in [4.69, 9.17) is 0 Å². The Morgan fingerprint density at radius 1 is 1.69 bits per heavy atom. The molecule has 13 heavy (non-hydrogen) atoms. The highest BCUT2D eigenvalue weighted by Gasteiger charge is 2.52. The summed E-state index contributed by atoms with van der Waals surface area (Å²) in [5, 5.41) is 0. The molecule has 1 heteroatoms. The van der Waals surface area contributed by atoms with Crippen LogP contribution in [0.3, 0.4) is 0 Å². The van der Waals surface area contributed by atoms with Crippen molar-refractivity contribution in [3.8, 4) is 0 Å². The van der Waals surface area contributed by atoms with E-state index >= 15 is 0 Å². The number of rotatable bonds is 2. The van der Waals surface area contributed by atoms with Gasteiger partial charge in [0.25, 0.3) is 0 Å². The summed E-state index contributed by atoms with van der Waals surface area (Å²) in [5.74, 6) is 0.668. The van der Waals surface area contributed by atoms with Gasteiger partial charge in [-0.2, -0.15) is 0 Å². The van der Waals surface area contributed by atoms with E-state index in [1.807, 2.05) is 6.92 Å². The molecule has 2 aliphatic carbocycles. The first-order valence-electron chi connectivity index (χ1n) is 4.88. The van der Waals surface area contributed by atoms with Crippen molar-refractivity contribution in [2.45, 2.75) is 33.1 Å². The van der Waals surface area contributed by atoms with Gasteiger partial charge in [-0.05, 0) is 25.2 Å². The molecule has 2 rings (SSSR count). The Hall–Kier alpha value is -0.850. The van der Waals surface area contributed by atoms with Crippen molar-refractivity contribution in [2.75, 3.05) is 0 Å². The van der Waals surface area contributed by atoms with Gasteiger partial charge in [-0.1, -0.05) is 30.7 Å². The molecule has 70 valence electrons. The third kappa shape index (κ3) is 1.27. The van der Waals surface area contributed by atoms with Crippen molar-refractivity contribution < 1.29 is 4.79 Å². The number of carbonyl (C=O) groups excluding carboxylic acids is 1. The van der Waals surface area contributed by atoms with E-state index < -0.39 is 0 Å². The zero-order valence-corrected chi connectivity index (χ0v) is 8.39. The predicted octanol–water partition coefficient (Wildman–Crippen LogP) is 2.88. The molecule has 2 aliphatic rings. The van der Waals surface area contributed by atoms with Crippen molar-refractivity contribution >= 4 is 5.78 Å². The number of carbonyl (C=O) groups is 1. The fraction of sp³-hybridized carbons (Fsp3) is 0.583. The van der Waals surface area contributed by atoms with Crippen molar-refractivity contribution in [1.29, 1.82) is 0 Å². The molecule has 0 aromatic rings. The standard InChI is InChI=1S/C12H16O/c1-8(2)4-9-5-10-11(13)7-12(10,3)6-9/h5,10H,1,4,6-7H2,2-3H3/t10-,12+/m1/s1. The lowest BCUT2D eigenvalue weighted by Gasteiger charge is -2.40. The number of allylic oxidation sites excluding steroid dienone is 3. The van der Waals surface area contributed by atoms with Crippen LogP contribution in [0.25, 0.3) is 0 Å². The second-order valence-corrected chi connectivity index (χ2v) is 4.91. The highest BCUT2D eigenvalue weighted by atomic mass is 16.1. The molecule has 0 aliphatic heterocycles. The third-order valence-corrected chi connectivity index (χ3v) is 3.24. The largest absolute Gasteiger partial charge is 0.299 e. The smallest absolute Gasteiger partial charge is 0.140 e. The molecule has 0 spiro atoms. The fourth-order valence-electron chi connectivity index (χ4n) is 2.66.